The third kappa shape index (κ3) is 5.95. The number of nitrogens with one attached hydrogen (secondary N) is 1. The van der Waals surface area contributed by atoms with Crippen molar-refractivity contribution in [2.24, 2.45) is 0 Å². The van der Waals surface area contributed by atoms with Crippen molar-refractivity contribution in [2.45, 2.75) is 44.2 Å². The van der Waals surface area contributed by atoms with Gasteiger partial charge in [-0.1, -0.05) is 36.4 Å². The van der Waals surface area contributed by atoms with Crippen LogP contribution in [-0.4, -0.2) is 33.8 Å². The van der Waals surface area contributed by atoms with Crippen LogP contribution in [0, 0.1) is 5.82 Å². The average Bonchev–Trinajstić information content (AvgIpc) is 3.28. The van der Waals surface area contributed by atoms with Crippen LogP contribution in [0.2, 0.25) is 0 Å². The van der Waals surface area contributed by atoms with Crippen LogP contribution in [-0.2, 0) is 20.8 Å². The molecule has 3 aromatic rings. The summed E-state index contributed by atoms with van der Waals surface area (Å²) in [5, 5.41) is 9.42. The number of carboxylic acid groups (broad SMARTS) is 1. The summed E-state index contributed by atoms with van der Waals surface area (Å²) in [4.78, 5) is 35.2. The zero-order chi connectivity index (χ0) is 28.1. The van der Waals surface area contributed by atoms with E-state index in [1.165, 1.54) is 28.8 Å². The summed E-state index contributed by atoms with van der Waals surface area (Å²) in [6.45, 7) is 0. The van der Waals surface area contributed by atoms with Crippen LogP contribution < -0.4 is 11.0 Å². The van der Waals surface area contributed by atoms with Crippen LogP contribution in [0.25, 0.3) is 16.6 Å². The Bertz CT molecular complexity index is 1590. The van der Waals surface area contributed by atoms with Gasteiger partial charge in [0.05, 0.1) is 22.6 Å². The van der Waals surface area contributed by atoms with Crippen molar-refractivity contribution in [1.29, 1.82) is 0 Å². The SMILES string of the molecule is COC(C1=CC=CCC=C1)C1=CC(c2ccc3c(=O)n(-c4ccc(F)cc4)c(CCCCC(=O)O)nc3c2)NO1. The fourth-order valence-corrected chi connectivity index (χ4v) is 4.88. The molecule has 0 bridgehead atoms. The summed E-state index contributed by atoms with van der Waals surface area (Å²) in [6, 6.07) is 10.8. The summed E-state index contributed by atoms with van der Waals surface area (Å²) in [5.74, 6) is -0.157. The second-order valence-corrected chi connectivity index (χ2v) is 9.64. The monoisotopic (exact) mass is 543 g/mol. The van der Waals surface area contributed by atoms with Gasteiger partial charge in [0.2, 0.25) is 0 Å². The molecule has 0 radical (unpaired) electrons. The zero-order valence-electron chi connectivity index (χ0n) is 22.0. The second-order valence-electron chi connectivity index (χ2n) is 9.64. The molecule has 0 saturated carbocycles. The molecule has 0 fully saturated rings. The van der Waals surface area contributed by atoms with Crippen molar-refractivity contribution >= 4 is 16.9 Å². The fraction of sp³-hybridized carbons (Fsp3) is 0.258. The molecule has 1 aliphatic heterocycles. The quantitative estimate of drug-likeness (QED) is 0.337. The first-order chi connectivity index (χ1) is 19.4. The van der Waals surface area contributed by atoms with Crippen molar-refractivity contribution in [3.05, 3.63) is 118 Å². The molecule has 2 heterocycles. The number of unbranched alkanes of at least 4 members (excludes halogenated alkanes) is 1. The summed E-state index contributed by atoms with van der Waals surface area (Å²) in [5.41, 5.74) is 5.60. The van der Waals surface area contributed by atoms with Crippen molar-refractivity contribution in [1.82, 2.24) is 15.0 Å². The van der Waals surface area contributed by atoms with E-state index in [-0.39, 0.29) is 24.1 Å². The summed E-state index contributed by atoms with van der Waals surface area (Å²) in [7, 11) is 1.63. The van der Waals surface area contributed by atoms with E-state index in [1.54, 1.807) is 13.2 Å². The number of nitrogens with zero attached hydrogens (tertiary/aromatic N) is 2. The number of carboxylic acids is 1. The number of benzene rings is 2. The largest absolute Gasteiger partial charge is 0.481 e. The van der Waals surface area contributed by atoms with Gasteiger partial charge in [-0.05, 0) is 72.9 Å². The van der Waals surface area contributed by atoms with Crippen LogP contribution in [0.15, 0.2) is 95.0 Å². The number of hydrogen-bond acceptors (Lipinski definition) is 6. The van der Waals surface area contributed by atoms with Crippen LogP contribution in [0.4, 0.5) is 4.39 Å². The highest BCUT2D eigenvalue weighted by Gasteiger charge is 2.27. The summed E-state index contributed by atoms with van der Waals surface area (Å²) >= 11 is 0. The molecule has 2 N–H and O–H groups in total. The van der Waals surface area contributed by atoms with Crippen LogP contribution in [0.3, 0.4) is 0 Å². The zero-order valence-corrected chi connectivity index (χ0v) is 22.0. The average molecular weight is 544 g/mol. The number of aromatic nitrogens is 2. The first-order valence-electron chi connectivity index (χ1n) is 13.2. The smallest absolute Gasteiger partial charge is 0.303 e. The molecule has 2 aliphatic rings. The Kier molecular flexibility index (Phi) is 8.33. The standard InChI is InChI=1S/C31H30FN3O5/c1-39-30(20-8-4-2-3-5-9-20)27-19-25(34-40-27)21-12-17-24-26(18-21)33-28(10-6-7-11-29(36)37)35(31(24)38)23-15-13-22(32)14-16-23/h2,4-5,8-9,12-19,25,30,34H,3,6-7,10-11H2,1H3,(H,36,37). The van der Waals surface area contributed by atoms with Crippen LogP contribution >= 0.6 is 0 Å². The summed E-state index contributed by atoms with van der Waals surface area (Å²) in [6.07, 6.45) is 14.0. The van der Waals surface area contributed by atoms with E-state index < -0.39 is 11.8 Å². The molecule has 0 spiro atoms. The number of aliphatic carboxylic acids is 1. The van der Waals surface area contributed by atoms with Gasteiger partial charge < -0.3 is 14.7 Å². The molecule has 2 unspecified atom stereocenters. The lowest BCUT2D eigenvalue weighted by Gasteiger charge is -2.16. The third-order valence-electron chi connectivity index (χ3n) is 6.89. The Balaban J connectivity index is 1.49. The molecule has 2 atom stereocenters. The van der Waals surface area contributed by atoms with Gasteiger partial charge in [-0.15, -0.1) is 5.48 Å². The highest BCUT2D eigenvalue weighted by Crippen LogP contribution is 2.30. The van der Waals surface area contributed by atoms with Gasteiger partial charge in [0.1, 0.15) is 17.7 Å². The van der Waals surface area contributed by atoms with E-state index in [4.69, 9.17) is 19.7 Å². The van der Waals surface area contributed by atoms with Gasteiger partial charge in [0.15, 0.2) is 5.76 Å². The lowest BCUT2D eigenvalue weighted by atomic mass is 10.0. The Labute approximate surface area is 230 Å². The van der Waals surface area contributed by atoms with E-state index in [2.05, 4.69) is 17.6 Å². The molecule has 206 valence electrons. The van der Waals surface area contributed by atoms with E-state index in [9.17, 15) is 14.0 Å². The molecular weight excluding hydrogens is 513 g/mol. The fourth-order valence-electron chi connectivity index (χ4n) is 4.88. The number of halogens is 1. The predicted octanol–water partition coefficient (Wildman–Crippen LogP) is 5.24. The maximum absolute atomic E-state index is 13.6. The normalized spacial score (nSPS) is 17.3. The topological polar surface area (TPSA) is 103 Å². The summed E-state index contributed by atoms with van der Waals surface area (Å²) < 4.78 is 20.8. The van der Waals surface area contributed by atoms with Crippen molar-refractivity contribution < 1.29 is 23.9 Å². The lowest BCUT2D eigenvalue weighted by Crippen LogP contribution is -2.24. The number of rotatable bonds is 10. The van der Waals surface area contributed by atoms with E-state index in [0.29, 0.717) is 47.4 Å². The predicted molar refractivity (Wildman–Crippen MR) is 149 cm³/mol. The van der Waals surface area contributed by atoms with Gasteiger partial charge in [-0.25, -0.2) is 9.37 Å². The molecule has 9 heteroatoms. The van der Waals surface area contributed by atoms with Crippen molar-refractivity contribution in [3.63, 3.8) is 0 Å². The van der Waals surface area contributed by atoms with E-state index in [1.807, 2.05) is 36.4 Å². The Morgan fingerprint density at radius 3 is 2.83 bits per heavy atom. The van der Waals surface area contributed by atoms with Gasteiger partial charge in [-0.2, -0.15) is 0 Å². The number of hydroxylamine groups is 1. The van der Waals surface area contributed by atoms with Crippen molar-refractivity contribution in [2.75, 3.05) is 7.11 Å². The minimum absolute atomic E-state index is 0.0337. The number of allylic oxidation sites excluding steroid dienone is 4. The molecule has 1 aliphatic carbocycles. The van der Waals surface area contributed by atoms with Gasteiger partial charge >= 0.3 is 5.97 Å². The molecule has 0 amide bonds. The Hall–Kier alpha value is -4.34. The number of ether oxygens (including phenoxy) is 1. The number of hydrogen-bond donors (Lipinski definition) is 2. The molecule has 5 rings (SSSR count). The van der Waals surface area contributed by atoms with Crippen LogP contribution in [0.1, 0.15) is 43.1 Å². The molecule has 0 saturated heterocycles. The minimum Gasteiger partial charge on any atom is -0.481 e. The van der Waals surface area contributed by atoms with Gasteiger partial charge in [-0.3, -0.25) is 14.2 Å². The second kappa shape index (κ2) is 12.2. The van der Waals surface area contributed by atoms with Gasteiger partial charge in [0, 0.05) is 20.0 Å². The molecular formula is C31H30FN3O5. The van der Waals surface area contributed by atoms with Crippen molar-refractivity contribution in [3.8, 4) is 5.69 Å². The van der Waals surface area contributed by atoms with E-state index >= 15 is 0 Å². The minimum atomic E-state index is -0.871. The Morgan fingerprint density at radius 1 is 1.23 bits per heavy atom. The molecule has 1 aromatic heterocycles. The Morgan fingerprint density at radius 2 is 2.05 bits per heavy atom. The maximum atomic E-state index is 13.6. The molecule has 40 heavy (non-hydrogen) atoms. The lowest BCUT2D eigenvalue weighted by molar-refractivity contribution is -0.137. The third-order valence-corrected chi connectivity index (χ3v) is 6.89. The number of methoxy groups -OCH3 is 1. The first kappa shape index (κ1) is 27.2. The number of carbonyl (C=O) groups is 1. The van der Waals surface area contributed by atoms with E-state index in [0.717, 1.165) is 17.6 Å². The molecule has 2 aromatic carbocycles. The highest BCUT2D eigenvalue weighted by molar-refractivity contribution is 5.79. The number of aryl methyl sites for hydroxylation is 1. The first-order valence-corrected chi connectivity index (χ1v) is 13.2. The van der Waals surface area contributed by atoms with Crippen LogP contribution in [0.5, 0.6) is 0 Å². The molecule has 8 nitrogen and oxygen atoms in total. The maximum Gasteiger partial charge on any atom is 0.303 e. The highest BCUT2D eigenvalue weighted by atomic mass is 19.1. The number of fused-ring (bicyclic) bond motifs is 1. The van der Waals surface area contributed by atoms with Gasteiger partial charge in [0.25, 0.3) is 5.56 Å².